The lowest BCUT2D eigenvalue weighted by atomic mass is 10.2. The van der Waals surface area contributed by atoms with Gasteiger partial charge in [-0.2, -0.15) is 0 Å². The molecule has 0 unspecified atom stereocenters. The summed E-state index contributed by atoms with van der Waals surface area (Å²) in [5.41, 5.74) is 0. The number of hydrogen-bond donors (Lipinski definition) is 1. The molecular formula is C14H17NOS. The largest absolute Gasteiger partial charge is 0.395 e. The second-order valence-electron chi connectivity index (χ2n) is 4.68. The third kappa shape index (κ3) is 2.51. The van der Waals surface area contributed by atoms with Crippen molar-refractivity contribution in [1.82, 2.24) is 4.90 Å². The Bertz CT molecular complexity index is 471. The minimum absolute atomic E-state index is 0.265. The average molecular weight is 247 g/mol. The van der Waals surface area contributed by atoms with Crippen molar-refractivity contribution in [2.24, 2.45) is 0 Å². The fraction of sp³-hybridized carbons (Fsp3) is 0.429. The van der Waals surface area contributed by atoms with Crippen LogP contribution >= 0.6 is 11.3 Å². The highest BCUT2D eigenvalue weighted by Gasteiger charge is 2.28. The summed E-state index contributed by atoms with van der Waals surface area (Å²) in [6.07, 6.45) is 2.59. The van der Waals surface area contributed by atoms with Crippen molar-refractivity contribution in [2.45, 2.75) is 25.4 Å². The van der Waals surface area contributed by atoms with E-state index in [2.05, 4.69) is 35.2 Å². The Morgan fingerprint density at radius 3 is 2.82 bits per heavy atom. The van der Waals surface area contributed by atoms with Crippen molar-refractivity contribution in [1.29, 1.82) is 0 Å². The summed E-state index contributed by atoms with van der Waals surface area (Å²) in [5, 5.41) is 10.4. The zero-order valence-corrected chi connectivity index (χ0v) is 10.6. The zero-order valence-electron chi connectivity index (χ0n) is 9.80. The van der Waals surface area contributed by atoms with Crippen LogP contribution in [0.3, 0.4) is 0 Å². The molecule has 3 rings (SSSR count). The van der Waals surface area contributed by atoms with E-state index in [1.807, 2.05) is 11.3 Å². The number of aliphatic hydroxyl groups is 1. The molecule has 0 spiro atoms. The van der Waals surface area contributed by atoms with E-state index in [0.29, 0.717) is 6.04 Å². The molecule has 0 saturated heterocycles. The van der Waals surface area contributed by atoms with E-state index in [1.165, 1.54) is 27.8 Å². The van der Waals surface area contributed by atoms with Gasteiger partial charge in [0.1, 0.15) is 0 Å². The average Bonchev–Trinajstić information content (AvgIpc) is 3.09. The first-order valence-corrected chi connectivity index (χ1v) is 7.01. The monoisotopic (exact) mass is 247 g/mol. The van der Waals surface area contributed by atoms with Crippen molar-refractivity contribution >= 4 is 21.4 Å². The minimum atomic E-state index is 0.265. The van der Waals surface area contributed by atoms with Crippen LogP contribution in [0.4, 0.5) is 0 Å². The molecule has 1 saturated carbocycles. The van der Waals surface area contributed by atoms with Crippen molar-refractivity contribution in [2.75, 3.05) is 13.2 Å². The Morgan fingerprint density at radius 2 is 2.12 bits per heavy atom. The van der Waals surface area contributed by atoms with Crippen LogP contribution in [0, 0.1) is 0 Å². The van der Waals surface area contributed by atoms with Crippen LogP contribution in [0.1, 0.15) is 17.7 Å². The van der Waals surface area contributed by atoms with Crippen LogP contribution in [0.2, 0.25) is 0 Å². The molecule has 1 fully saturated rings. The van der Waals surface area contributed by atoms with Gasteiger partial charge in [-0.05, 0) is 30.4 Å². The smallest absolute Gasteiger partial charge is 0.0558 e. The maximum Gasteiger partial charge on any atom is 0.0558 e. The van der Waals surface area contributed by atoms with Crippen molar-refractivity contribution in [3.63, 3.8) is 0 Å². The highest BCUT2D eigenvalue weighted by atomic mass is 32.1. The summed E-state index contributed by atoms with van der Waals surface area (Å²) in [7, 11) is 0. The molecule has 1 heterocycles. The van der Waals surface area contributed by atoms with Crippen molar-refractivity contribution < 1.29 is 5.11 Å². The van der Waals surface area contributed by atoms with Crippen LogP contribution in [0.5, 0.6) is 0 Å². The molecule has 1 aromatic heterocycles. The molecule has 1 aliphatic carbocycles. The minimum Gasteiger partial charge on any atom is -0.395 e. The van der Waals surface area contributed by atoms with E-state index in [9.17, 15) is 0 Å². The van der Waals surface area contributed by atoms with Gasteiger partial charge in [-0.3, -0.25) is 4.90 Å². The first-order valence-electron chi connectivity index (χ1n) is 6.19. The predicted octanol–water partition coefficient (Wildman–Crippen LogP) is 2.86. The van der Waals surface area contributed by atoms with Crippen molar-refractivity contribution in [3.05, 3.63) is 35.2 Å². The molecule has 17 heavy (non-hydrogen) atoms. The van der Waals surface area contributed by atoms with Crippen LogP contribution < -0.4 is 0 Å². The summed E-state index contributed by atoms with van der Waals surface area (Å²) in [6, 6.07) is 11.5. The predicted molar refractivity (Wildman–Crippen MR) is 72.3 cm³/mol. The Morgan fingerprint density at radius 1 is 1.29 bits per heavy atom. The van der Waals surface area contributed by atoms with Crippen LogP contribution in [-0.2, 0) is 6.54 Å². The first-order chi connectivity index (χ1) is 8.36. The quantitative estimate of drug-likeness (QED) is 0.878. The molecule has 90 valence electrons. The van der Waals surface area contributed by atoms with Gasteiger partial charge in [0, 0.05) is 28.7 Å². The number of aliphatic hydroxyl groups excluding tert-OH is 1. The fourth-order valence-corrected chi connectivity index (χ4v) is 3.36. The van der Waals surface area contributed by atoms with Gasteiger partial charge in [-0.25, -0.2) is 0 Å². The molecule has 1 aromatic carbocycles. The zero-order chi connectivity index (χ0) is 11.7. The fourth-order valence-electron chi connectivity index (χ4n) is 2.27. The lowest BCUT2D eigenvalue weighted by Gasteiger charge is -2.19. The molecule has 0 atom stereocenters. The van der Waals surface area contributed by atoms with Gasteiger partial charge in [0.25, 0.3) is 0 Å². The van der Waals surface area contributed by atoms with Gasteiger partial charge in [0.15, 0.2) is 0 Å². The summed E-state index contributed by atoms with van der Waals surface area (Å²) in [5.74, 6) is 0. The molecule has 3 heteroatoms. The van der Waals surface area contributed by atoms with Gasteiger partial charge in [0.05, 0.1) is 6.61 Å². The van der Waals surface area contributed by atoms with Gasteiger partial charge in [-0.1, -0.05) is 18.2 Å². The molecule has 1 N–H and O–H groups in total. The lowest BCUT2D eigenvalue weighted by molar-refractivity contribution is 0.184. The third-order valence-corrected chi connectivity index (χ3v) is 4.39. The standard InChI is InChI=1S/C14H17NOS/c16-8-7-15(12-5-6-12)10-13-9-11-3-1-2-4-14(11)17-13/h1-4,9,12,16H,5-8,10H2. The van der Waals surface area contributed by atoms with Crippen LogP contribution in [-0.4, -0.2) is 29.2 Å². The molecule has 0 bridgehead atoms. The number of rotatable bonds is 5. The molecule has 0 radical (unpaired) electrons. The first kappa shape index (κ1) is 11.2. The summed E-state index contributed by atoms with van der Waals surface area (Å²) in [4.78, 5) is 3.82. The summed E-state index contributed by atoms with van der Waals surface area (Å²) >= 11 is 1.87. The Hall–Kier alpha value is -0.900. The van der Waals surface area contributed by atoms with E-state index in [1.54, 1.807) is 0 Å². The molecular weight excluding hydrogens is 230 g/mol. The van der Waals surface area contributed by atoms with Gasteiger partial charge in [-0.15, -0.1) is 11.3 Å². The maximum atomic E-state index is 9.09. The molecule has 2 nitrogen and oxygen atoms in total. The van der Waals surface area contributed by atoms with Crippen LogP contribution in [0.25, 0.3) is 10.1 Å². The molecule has 1 aliphatic rings. The third-order valence-electron chi connectivity index (χ3n) is 3.29. The normalized spacial score (nSPS) is 15.9. The highest BCUT2D eigenvalue weighted by Crippen LogP contribution is 2.31. The topological polar surface area (TPSA) is 23.5 Å². The van der Waals surface area contributed by atoms with E-state index in [0.717, 1.165) is 13.1 Å². The highest BCUT2D eigenvalue weighted by molar-refractivity contribution is 7.19. The van der Waals surface area contributed by atoms with E-state index < -0.39 is 0 Å². The number of nitrogens with zero attached hydrogens (tertiary/aromatic N) is 1. The molecule has 0 aliphatic heterocycles. The van der Waals surface area contributed by atoms with E-state index >= 15 is 0 Å². The van der Waals surface area contributed by atoms with E-state index in [4.69, 9.17) is 5.11 Å². The Labute approximate surface area is 105 Å². The Balaban J connectivity index is 1.78. The number of fused-ring (bicyclic) bond motifs is 1. The van der Waals surface area contributed by atoms with Gasteiger partial charge >= 0.3 is 0 Å². The number of hydrogen-bond acceptors (Lipinski definition) is 3. The van der Waals surface area contributed by atoms with Gasteiger partial charge < -0.3 is 5.11 Å². The Kier molecular flexibility index (Phi) is 3.14. The van der Waals surface area contributed by atoms with Gasteiger partial charge in [0.2, 0.25) is 0 Å². The maximum absolute atomic E-state index is 9.09. The van der Waals surface area contributed by atoms with E-state index in [-0.39, 0.29) is 6.61 Å². The summed E-state index contributed by atoms with van der Waals surface area (Å²) in [6.45, 7) is 2.06. The second-order valence-corrected chi connectivity index (χ2v) is 5.84. The van der Waals surface area contributed by atoms with Crippen LogP contribution in [0.15, 0.2) is 30.3 Å². The summed E-state index contributed by atoms with van der Waals surface area (Å²) < 4.78 is 1.36. The number of thiophene rings is 1. The SMILES string of the molecule is OCCN(Cc1cc2ccccc2s1)C1CC1. The number of benzene rings is 1. The lowest BCUT2D eigenvalue weighted by Crippen LogP contribution is -2.28. The van der Waals surface area contributed by atoms with Crippen molar-refractivity contribution in [3.8, 4) is 0 Å². The molecule has 2 aromatic rings. The molecule has 0 amide bonds. The second kappa shape index (κ2) is 4.77.